The van der Waals surface area contributed by atoms with Crippen LogP contribution in [0.25, 0.3) is 0 Å². The van der Waals surface area contributed by atoms with Gasteiger partial charge in [0, 0.05) is 20.1 Å². The smallest absolute Gasteiger partial charge is 0.279 e. The van der Waals surface area contributed by atoms with Gasteiger partial charge in [-0.15, -0.1) is 0 Å². The minimum Gasteiger partial charge on any atom is -0.330 e. The molecule has 1 aliphatic heterocycles. The van der Waals surface area contributed by atoms with Crippen LogP contribution in [0.4, 0.5) is 0 Å². The first kappa shape index (κ1) is 16.8. The number of piperidine rings is 1. The summed E-state index contributed by atoms with van der Waals surface area (Å²) in [5.41, 5.74) is 5.39. The van der Waals surface area contributed by atoms with E-state index in [1.165, 1.54) is 4.31 Å². The SMILES string of the molecule is CCN1CCC(CNS(=O)(=O)N(C)CCCN)CC1. The van der Waals surface area contributed by atoms with E-state index in [1.54, 1.807) is 7.05 Å². The summed E-state index contributed by atoms with van der Waals surface area (Å²) in [6.45, 7) is 6.93. The summed E-state index contributed by atoms with van der Waals surface area (Å²) in [6, 6.07) is 0. The Kier molecular flexibility index (Phi) is 7.23. The van der Waals surface area contributed by atoms with Crippen molar-refractivity contribution in [1.29, 1.82) is 0 Å². The second-order valence-corrected chi connectivity index (χ2v) is 7.06. The van der Waals surface area contributed by atoms with Crippen LogP contribution in [0.2, 0.25) is 0 Å². The van der Waals surface area contributed by atoms with Crippen molar-refractivity contribution in [2.24, 2.45) is 11.7 Å². The molecule has 1 heterocycles. The van der Waals surface area contributed by atoms with Crippen LogP contribution in [-0.4, -0.2) is 63.9 Å². The molecule has 1 aliphatic rings. The second kappa shape index (κ2) is 8.16. The van der Waals surface area contributed by atoms with Crippen LogP contribution in [0.1, 0.15) is 26.2 Å². The van der Waals surface area contributed by atoms with Crippen LogP contribution in [0.15, 0.2) is 0 Å². The van der Waals surface area contributed by atoms with Gasteiger partial charge in [0.05, 0.1) is 0 Å². The largest absolute Gasteiger partial charge is 0.330 e. The zero-order chi connectivity index (χ0) is 14.3. The predicted octanol–water partition coefficient (Wildman–Crippen LogP) is -0.167. The van der Waals surface area contributed by atoms with Crippen LogP contribution >= 0.6 is 0 Å². The molecule has 19 heavy (non-hydrogen) atoms. The van der Waals surface area contributed by atoms with E-state index in [2.05, 4.69) is 16.5 Å². The highest BCUT2D eigenvalue weighted by atomic mass is 32.2. The van der Waals surface area contributed by atoms with Gasteiger partial charge in [-0.1, -0.05) is 6.92 Å². The maximum atomic E-state index is 12.0. The minimum absolute atomic E-state index is 0.459. The third-order valence-corrected chi connectivity index (χ3v) is 5.33. The second-order valence-electron chi connectivity index (χ2n) is 5.19. The van der Waals surface area contributed by atoms with Crippen molar-refractivity contribution in [2.75, 3.05) is 46.3 Å². The summed E-state index contributed by atoms with van der Waals surface area (Å²) in [5.74, 6) is 0.459. The Morgan fingerprint density at radius 3 is 2.53 bits per heavy atom. The van der Waals surface area contributed by atoms with Gasteiger partial charge in [0.15, 0.2) is 0 Å². The van der Waals surface area contributed by atoms with Crippen LogP contribution in [-0.2, 0) is 10.2 Å². The zero-order valence-corrected chi connectivity index (χ0v) is 13.0. The number of hydrogen-bond donors (Lipinski definition) is 2. The molecule has 1 fully saturated rings. The number of likely N-dealkylation sites (tertiary alicyclic amines) is 1. The van der Waals surface area contributed by atoms with E-state index in [-0.39, 0.29) is 0 Å². The molecule has 114 valence electrons. The molecular formula is C12H28N4O2S. The summed E-state index contributed by atoms with van der Waals surface area (Å²) in [5, 5.41) is 0. The first-order chi connectivity index (χ1) is 8.99. The van der Waals surface area contributed by atoms with Gasteiger partial charge in [0.25, 0.3) is 10.2 Å². The van der Waals surface area contributed by atoms with Gasteiger partial charge in [0.2, 0.25) is 0 Å². The van der Waals surface area contributed by atoms with Crippen LogP contribution in [0.5, 0.6) is 0 Å². The number of hydrogen-bond acceptors (Lipinski definition) is 4. The summed E-state index contributed by atoms with van der Waals surface area (Å²) < 4.78 is 28.0. The lowest BCUT2D eigenvalue weighted by Gasteiger charge is -2.31. The Morgan fingerprint density at radius 1 is 1.37 bits per heavy atom. The highest BCUT2D eigenvalue weighted by Crippen LogP contribution is 2.16. The monoisotopic (exact) mass is 292 g/mol. The summed E-state index contributed by atoms with van der Waals surface area (Å²) in [7, 11) is -1.74. The lowest BCUT2D eigenvalue weighted by Crippen LogP contribution is -2.43. The maximum Gasteiger partial charge on any atom is 0.279 e. The lowest BCUT2D eigenvalue weighted by molar-refractivity contribution is 0.193. The number of nitrogens with zero attached hydrogens (tertiary/aromatic N) is 2. The highest BCUT2D eigenvalue weighted by molar-refractivity contribution is 7.87. The molecule has 0 unspecified atom stereocenters. The fourth-order valence-corrected chi connectivity index (χ4v) is 3.31. The first-order valence-electron chi connectivity index (χ1n) is 7.13. The van der Waals surface area contributed by atoms with E-state index < -0.39 is 10.2 Å². The Balaban J connectivity index is 2.31. The molecule has 3 N–H and O–H groups in total. The molecule has 6 nitrogen and oxygen atoms in total. The van der Waals surface area contributed by atoms with Gasteiger partial charge in [-0.2, -0.15) is 12.7 Å². The van der Waals surface area contributed by atoms with Crippen molar-refractivity contribution in [1.82, 2.24) is 13.9 Å². The van der Waals surface area contributed by atoms with Gasteiger partial charge < -0.3 is 10.6 Å². The van der Waals surface area contributed by atoms with Crippen LogP contribution in [0, 0.1) is 5.92 Å². The molecular weight excluding hydrogens is 264 g/mol. The maximum absolute atomic E-state index is 12.0. The molecule has 0 aromatic heterocycles. The van der Waals surface area contributed by atoms with Gasteiger partial charge in [-0.05, 0) is 51.4 Å². The molecule has 7 heteroatoms. The molecule has 0 radical (unpaired) electrons. The summed E-state index contributed by atoms with van der Waals surface area (Å²) in [6.07, 6.45) is 2.83. The minimum atomic E-state index is -3.34. The van der Waals surface area contributed by atoms with Crippen molar-refractivity contribution in [3.63, 3.8) is 0 Å². The fourth-order valence-electron chi connectivity index (χ4n) is 2.27. The molecule has 0 amide bonds. The topological polar surface area (TPSA) is 78.7 Å². The Bertz CT molecular complexity index is 340. The lowest BCUT2D eigenvalue weighted by atomic mass is 9.97. The first-order valence-corrected chi connectivity index (χ1v) is 8.57. The van der Waals surface area contributed by atoms with Crippen LogP contribution in [0.3, 0.4) is 0 Å². The van der Waals surface area contributed by atoms with E-state index in [1.807, 2.05) is 0 Å². The van der Waals surface area contributed by atoms with Gasteiger partial charge in [-0.3, -0.25) is 0 Å². The standard InChI is InChI=1S/C12H28N4O2S/c1-3-16-9-5-12(6-10-16)11-14-19(17,18)15(2)8-4-7-13/h12,14H,3-11,13H2,1-2H3. The predicted molar refractivity (Wildman–Crippen MR) is 78.1 cm³/mol. The third kappa shape index (κ3) is 5.74. The Labute approximate surface area is 117 Å². The Morgan fingerprint density at radius 2 is 2.00 bits per heavy atom. The molecule has 0 saturated carbocycles. The van der Waals surface area contributed by atoms with E-state index >= 15 is 0 Å². The van der Waals surface area contributed by atoms with Crippen molar-refractivity contribution >= 4 is 10.2 Å². The average molecular weight is 292 g/mol. The number of rotatable bonds is 8. The van der Waals surface area contributed by atoms with Crippen molar-refractivity contribution in [3.05, 3.63) is 0 Å². The quantitative estimate of drug-likeness (QED) is 0.651. The molecule has 0 bridgehead atoms. The normalized spacial score (nSPS) is 19.2. The van der Waals surface area contributed by atoms with Gasteiger partial charge in [-0.25, -0.2) is 4.72 Å². The summed E-state index contributed by atoms with van der Waals surface area (Å²) >= 11 is 0. The van der Waals surface area contributed by atoms with E-state index in [4.69, 9.17) is 5.73 Å². The summed E-state index contributed by atoms with van der Waals surface area (Å²) in [4.78, 5) is 2.40. The van der Waals surface area contributed by atoms with Crippen molar-refractivity contribution in [2.45, 2.75) is 26.2 Å². The molecule has 0 atom stereocenters. The van der Waals surface area contributed by atoms with Crippen molar-refractivity contribution < 1.29 is 8.42 Å². The molecule has 0 aromatic rings. The molecule has 1 saturated heterocycles. The zero-order valence-electron chi connectivity index (χ0n) is 12.1. The molecule has 0 spiro atoms. The molecule has 0 aromatic carbocycles. The van der Waals surface area contributed by atoms with Gasteiger partial charge >= 0.3 is 0 Å². The van der Waals surface area contributed by atoms with Gasteiger partial charge in [0.1, 0.15) is 0 Å². The van der Waals surface area contributed by atoms with Crippen molar-refractivity contribution in [3.8, 4) is 0 Å². The average Bonchev–Trinajstić information content (AvgIpc) is 2.43. The molecule has 1 rings (SSSR count). The van der Waals surface area contributed by atoms with E-state index in [0.29, 0.717) is 32.0 Å². The van der Waals surface area contributed by atoms with Crippen LogP contribution < -0.4 is 10.5 Å². The van der Waals surface area contributed by atoms with E-state index in [0.717, 1.165) is 32.5 Å². The van der Waals surface area contributed by atoms with E-state index in [9.17, 15) is 8.42 Å². The Hall–Kier alpha value is -0.210. The third-order valence-electron chi connectivity index (χ3n) is 3.80. The number of nitrogens with two attached hydrogens (primary N) is 1. The highest BCUT2D eigenvalue weighted by Gasteiger charge is 2.22. The number of nitrogens with one attached hydrogen (secondary N) is 1. The molecule has 0 aliphatic carbocycles. The fraction of sp³-hybridized carbons (Fsp3) is 1.00.